The molecular weight excluding hydrogens is 260 g/mol. The summed E-state index contributed by atoms with van der Waals surface area (Å²) < 4.78 is 5.65. The first-order chi connectivity index (χ1) is 10.2. The monoisotopic (exact) mass is 288 g/mol. The number of ether oxygens (including phenoxy) is 1. The standard InChI is InChI=1S/C18H28N2O/c1-3-7-16-12-19-18(2,15-8-5-4-6-9-15)14-20(16)17-10-11-21-13-17/h4-6,8-9,16-17,19H,3,7,10-14H2,1-2H3. The van der Waals surface area contributed by atoms with Gasteiger partial charge in [-0.15, -0.1) is 0 Å². The molecule has 2 fully saturated rings. The zero-order valence-corrected chi connectivity index (χ0v) is 13.3. The van der Waals surface area contributed by atoms with Crippen molar-refractivity contribution in [3.05, 3.63) is 35.9 Å². The Bertz CT molecular complexity index is 444. The molecule has 0 saturated carbocycles. The summed E-state index contributed by atoms with van der Waals surface area (Å²) >= 11 is 0. The molecule has 1 aromatic carbocycles. The Labute approximate surface area is 128 Å². The SMILES string of the molecule is CCCC1CNC(C)(c2ccccc2)CN1C1CCOC1. The summed E-state index contributed by atoms with van der Waals surface area (Å²) in [4.78, 5) is 2.72. The Morgan fingerprint density at radius 1 is 1.33 bits per heavy atom. The molecule has 2 saturated heterocycles. The lowest BCUT2D eigenvalue weighted by molar-refractivity contribution is 0.0356. The topological polar surface area (TPSA) is 24.5 Å². The van der Waals surface area contributed by atoms with E-state index < -0.39 is 0 Å². The van der Waals surface area contributed by atoms with Gasteiger partial charge in [-0.2, -0.15) is 0 Å². The van der Waals surface area contributed by atoms with Crippen molar-refractivity contribution >= 4 is 0 Å². The molecule has 3 atom stereocenters. The van der Waals surface area contributed by atoms with Gasteiger partial charge in [-0.25, -0.2) is 0 Å². The van der Waals surface area contributed by atoms with E-state index in [0.29, 0.717) is 12.1 Å². The first-order valence-corrected chi connectivity index (χ1v) is 8.37. The van der Waals surface area contributed by atoms with E-state index in [-0.39, 0.29) is 5.54 Å². The molecule has 0 aliphatic carbocycles. The number of benzene rings is 1. The van der Waals surface area contributed by atoms with Crippen LogP contribution in [0.2, 0.25) is 0 Å². The van der Waals surface area contributed by atoms with Crippen molar-refractivity contribution in [3.8, 4) is 0 Å². The van der Waals surface area contributed by atoms with Crippen LogP contribution in [0.15, 0.2) is 30.3 Å². The fourth-order valence-electron chi connectivity index (χ4n) is 3.82. The van der Waals surface area contributed by atoms with Crippen molar-refractivity contribution in [1.82, 2.24) is 10.2 Å². The number of hydrogen-bond acceptors (Lipinski definition) is 3. The Morgan fingerprint density at radius 3 is 2.81 bits per heavy atom. The molecule has 0 aromatic heterocycles. The summed E-state index contributed by atoms with van der Waals surface area (Å²) in [7, 11) is 0. The number of piperazine rings is 1. The molecule has 0 spiro atoms. The summed E-state index contributed by atoms with van der Waals surface area (Å²) in [6, 6.07) is 12.1. The Hall–Kier alpha value is -0.900. The van der Waals surface area contributed by atoms with Crippen molar-refractivity contribution in [2.45, 2.75) is 50.7 Å². The van der Waals surface area contributed by atoms with Crippen LogP contribution >= 0.6 is 0 Å². The molecule has 3 rings (SSSR count). The van der Waals surface area contributed by atoms with Gasteiger partial charge in [0.05, 0.1) is 12.1 Å². The number of rotatable bonds is 4. The third-order valence-electron chi connectivity index (χ3n) is 5.10. The first kappa shape index (κ1) is 15.0. The highest BCUT2D eigenvalue weighted by Gasteiger charge is 2.40. The van der Waals surface area contributed by atoms with Gasteiger partial charge < -0.3 is 10.1 Å². The molecular formula is C18H28N2O. The van der Waals surface area contributed by atoms with Crippen LogP contribution in [-0.2, 0) is 10.3 Å². The second-order valence-corrected chi connectivity index (χ2v) is 6.71. The second-order valence-electron chi connectivity index (χ2n) is 6.71. The predicted molar refractivity (Wildman–Crippen MR) is 86.4 cm³/mol. The van der Waals surface area contributed by atoms with E-state index in [4.69, 9.17) is 4.74 Å². The zero-order chi connectivity index (χ0) is 14.7. The van der Waals surface area contributed by atoms with Crippen LogP contribution in [0.5, 0.6) is 0 Å². The molecule has 21 heavy (non-hydrogen) atoms. The van der Waals surface area contributed by atoms with Crippen molar-refractivity contribution in [3.63, 3.8) is 0 Å². The molecule has 0 amide bonds. The summed E-state index contributed by atoms with van der Waals surface area (Å²) in [5.74, 6) is 0. The minimum atomic E-state index is 0.0497. The van der Waals surface area contributed by atoms with Crippen LogP contribution in [0, 0.1) is 0 Å². The summed E-state index contributed by atoms with van der Waals surface area (Å²) in [6.07, 6.45) is 3.71. The smallest absolute Gasteiger partial charge is 0.0622 e. The average molecular weight is 288 g/mol. The molecule has 0 bridgehead atoms. The molecule has 0 radical (unpaired) electrons. The maximum absolute atomic E-state index is 5.65. The van der Waals surface area contributed by atoms with Crippen LogP contribution in [0.4, 0.5) is 0 Å². The van der Waals surface area contributed by atoms with Crippen molar-refractivity contribution in [2.24, 2.45) is 0 Å². The van der Waals surface area contributed by atoms with Crippen LogP contribution in [0.1, 0.15) is 38.7 Å². The highest BCUT2D eigenvalue weighted by atomic mass is 16.5. The van der Waals surface area contributed by atoms with E-state index >= 15 is 0 Å². The second kappa shape index (κ2) is 6.47. The fraction of sp³-hybridized carbons (Fsp3) is 0.667. The van der Waals surface area contributed by atoms with Crippen LogP contribution in [-0.4, -0.2) is 43.3 Å². The Kier molecular flexibility index (Phi) is 4.63. The van der Waals surface area contributed by atoms with Crippen LogP contribution in [0.25, 0.3) is 0 Å². The normalized spacial score (nSPS) is 34.2. The third kappa shape index (κ3) is 3.15. The van der Waals surface area contributed by atoms with Crippen molar-refractivity contribution in [1.29, 1.82) is 0 Å². The Balaban J connectivity index is 1.80. The van der Waals surface area contributed by atoms with Gasteiger partial charge in [-0.1, -0.05) is 43.7 Å². The first-order valence-electron chi connectivity index (χ1n) is 8.37. The highest BCUT2D eigenvalue weighted by molar-refractivity contribution is 5.25. The maximum Gasteiger partial charge on any atom is 0.0622 e. The molecule has 2 aliphatic rings. The lowest BCUT2D eigenvalue weighted by Crippen LogP contribution is -2.63. The molecule has 2 heterocycles. The fourth-order valence-corrected chi connectivity index (χ4v) is 3.82. The molecule has 116 valence electrons. The van der Waals surface area contributed by atoms with E-state index in [9.17, 15) is 0 Å². The molecule has 3 unspecified atom stereocenters. The summed E-state index contributed by atoms with van der Waals surface area (Å²) in [6.45, 7) is 8.62. The van der Waals surface area contributed by atoms with Gasteiger partial charge in [-0.05, 0) is 25.3 Å². The highest BCUT2D eigenvalue weighted by Crippen LogP contribution is 2.30. The van der Waals surface area contributed by atoms with Gasteiger partial charge in [0, 0.05) is 31.8 Å². The Morgan fingerprint density at radius 2 is 2.14 bits per heavy atom. The third-order valence-corrected chi connectivity index (χ3v) is 5.10. The van der Waals surface area contributed by atoms with Crippen molar-refractivity contribution in [2.75, 3.05) is 26.3 Å². The molecule has 1 N–H and O–H groups in total. The molecule has 3 heteroatoms. The van der Waals surface area contributed by atoms with E-state index in [0.717, 1.165) is 26.3 Å². The van der Waals surface area contributed by atoms with Gasteiger partial charge in [0.1, 0.15) is 0 Å². The van der Waals surface area contributed by atoms with E-state index in [2.05, 4.69) is 54.4 Å². The summed E-state index contributed by atoms with van der Waals surface area (Å²) in [5.41, 5.74) is 1.44. The lowest BCUT2D eigenvalue weighted by Gasteiger charge is -2.48. The van der Waals surface area contributed by atoms with Gasteiger partial charge in [0.15, 0.2) is 0 Å². The van der Waals surface area contributed by atoms with Gasteiger partial charge in [0.25, 0.3) is 0 Å². The predicted octanol–water partition coefficient (Wildman–Crippen LogP) is 2.76. The average Bonchev–Trinajstić information content (AvgIpc) is 3.05. The minimum absolute atomic E-state index is 0.0497. The maximum atomic E-state index is 5.65. The van der Waals surface area contributed by atoms with Crippen molar-refractivity contribution < 1.29 is 4.74 Å². The van der Waals surface area contributed by atoms with E-state index in [1.54, 1.807) is 0 Å². The number of nitrogens with zero attached hydrogens (tertiary/aromatic N) is 1. The number of nitrogens with one attached hydrogen (secondary N) is 1. The van der Waals surface area contributed by atoms with Gasteiger partial charge >= 0.3 is 0 Å². The van der Waals surface area contributed by atoms with Crippen LogP contribution < -0.4 is 5.32 Å². The van der Waals surface area contributed by atoms with Gasteiger partial charge in [0.2, 0.25) is 0 Å². The quantitative estimate of drug-likeness (QED) is 0.922. The van der Waals surface area contributed by atoms with Crippen LogP contribution in [0.3, 0.4) is 0 Å². The summed E-state index contributed by atoms with van der Waals surface area (Å²) in [5, 5.41) is 3.82. The molecule has 3 nitrogen and oxygen atoms in total. The van der Waals surface area contributed by atoms with Gasteiger partial charge in [-0.3, -0.25) is 4.90 Å². The molecule has 1 aromatic rings. The van der Waals surface area contributed by atoms with E-state index in [1.807, 2.05) is 0 Å². The zero-order valence-electron chi connectivity index (χ0n) is 13.3. The minimum Gasteiger partial charge on any atom is -0.380 e. The largest absolute Gasteiger partial charge is 0.380 e. The number of hydrogen-bond donors (Lipinski definition) is 1. The lowest BCUT2D eigenvalue weighted by atomic mass is 9.86. The molecule has 2 aliphatic heterocycles. The van der Waals surface area contributed by atoms with E-state index in [1.165, 1.54) is 24.8 Å².